The van der Waals surface area contributed by atoms with Gasteiger partial charge in [-0.25, -0.2) is 0 Å². The molecular weight excluding hydrogens is 315 g/mol. The van der Waals surface area contributed by atoms with Gasteiger partial charge in [0.2, 0.25) is 0 Å². The van der Waals surface area contributed by atoms with Crippen molar-refractivity contribution in [3.05, 3.63) is 0 Å². The summed E-state index contributed by atoms with van der Waals surface area (Å²) in [5.41, 5.74) is 0.753. The summed E-state index contributed by atoms with van der Waals surface area (Å²) in [6.45, 7) is 13.2. The third-order valence-electron chi connectivity index (χ3n) is 3.62. The second-order valence-electron chi connectivity index (χ2n) is 8.99. The number of hydrogen-bond donors (Lipinski definition) is 0. The molecule has 145 valence electrons. The van der Waals surface area contributed by atoms with E-state index in [2.05, 4.69) is 41.5 Å². The van der Waals surface area contributed by atoms with Gasteiger partial charge in [-0.2, -0.15) is 0 Å². The van der Waals surface area contributed by atoms with Crippen LogP contribution in [-0.2, 0) is 9.59 Å². The van der Waals surface area contributed by atoms with Gasteiger partial charge in [-0.15, -0.1) is 0 Å². The molecule has 0 aliphatic carbocycles. The van der Waals surface area contributed by atoms with Crippen LogP contribution < -0.4 is 10.2 Å². The molecule has 0 unspecified atom stereocenters. The van der Waals surface area contributed by atoms with Gasteiger partial charge in [-0.3, -0.25) is 0 Å². The van der Waals surface area contributed by atoms with E-state index in [4.69, 9.17) is 0 Å². The maximum absolute atomic E-state index is 10.0. The minimum absolute atomic E-state index is 0. The van der Waals surface area contributed by atoms with E-state index in [0.29, 0.717) is 10.8 Å². The van der Waals surface area contributed by atoms with Gasteiger partial charge in [0.05, 0.1) is 0 Å². The first-order valence-electron chi connectivity index (χ1n) is 9.23. The number of carboxylic acids is 2. The van der Waals surface area contributed by atoms with Gasteiger partial charge in [-0.1, -0.05) is 67.2 Å². The number of rotatable bonds is 10. The fourth-order valence-corrected chi connectivity index (χ4v) is 2.20. The van der Waals surface area contributed by atoms with E-state index in [1.165, 1.54) is 12.8 Å². The fourth-order valence-electron chi connectivity index (χ4n) is 2.20. The number of unbranched alkanes of at least 4 members (excludes halogenated alkanes) is 4. The zero-order valence-electron chi connectivity index (χ0n) is 17.3. The van der Waals surface area contributed by atoms with Crippen molar-refractivity contribution in [2.75, 3.05) is 0 Å². The molecule has 1 radical (unpaired) electrons. The molecule has 0 N–H and O–H groups in total. The first-order chi connectivity index (χ1) is 10.8. The van der Waals surface area contributed by atoms with Crippen LogP contribution in [0.15, 0.2) is 0 Å². The summed E-state index contributed by atoms with van der Waals surface area (Å²) in [5, 5.41) is 20.1. The van der Waals surface area contributed by atoms with Crippen molar-refractivity contribution in [1.82, 2.24) is 0 Å². The van der Waals surface area contributed by atoms with E-state index in [0.717, 1.165) is 38.5 Å². The molecular formula is C20H38BO4. The van der Waals surface area contributed by atoms with E-state index in [1.54, 1.807) is 0 Å². The fraction of sp³-hybridized carbons (Fsp3) is 0.900. The molecule has 0 rings (SSSR count). The SMILES string of the molecule is CC(C)(C)CCCCCC(=O)[O-].CC(C)(C)CCCCCC(=O)[O-].[B+2]. The number of hydrogen-bond acceptors (Lipinski definition) is 4. The van der Waals surface area contributed by atoms with Gasteiger partial charge < -0.3 is 19.8 Å². The molecule has 0 spiro atoms. The Morgan fingerprint density at radius 2 is 0.880 bits per heavy atom. The molecule has 0 heterocycles. The predicted octanol–water partition coefficient (Wildman–Crippen LogP) is 3.09. The molecule has 0 saturated heterocycles. The zero-order valence-corrected chi connectivity index (χ0v) is 17.3. The Kier molecular flexibility index (Phi) is 17.6. The number of carboxylic acid groups (broad SMARTS) is 2. The molecule has 0 aromatic carbocycles. The monoisotopic (exact) mass is 353 g/mol. The number of aliphatic carboxylic acids is 2. The number of carbonyl (C=O) groups excluding carboxylic acids is 2. The zero-order chi connectivity index (χ0) is 19.2. The van der Waals surface area contributed by atoms with E-state index in [-0.39, 0.29) is 21.3 Å². The molecule has 5 heteroatoms. The van der Waals surface area contributed by atoms with Gasteiger partial charge in [-0.05, 0) is 49.4 Å². The minimum Gasteiger partial charge on any atom is -0.550 e. The molecule has 4 nitrogen and oxygen atoms in total. The van der Waals surface area contributed by atoms with E-state index < -0.39 is 11.9 Å². The Morgan fingerprint density at radius 3 is 1.08 bits per heavy atom. The Hall–Kier alpha value is -0.995. The Bertz CT molecular complexity index is 307. The third kappa shape index (κ3) is 35.1. The molecule has 0 fully saturated rings. The van der Waals surface area contributed by atoms with Crippen molar-refractivity contribution < 1.29 is 19.8 Å². The van der Waals surface area contributed by atoms with E-state index >= 15 is 0 Å². The van der Waals surface area contributed by atoms with Gasteiger partial charge in [0, 0.05) is 11.9 Å². The van der Waals surface area contributed by atoms with Crippen LogP contribution in [-0.4, -0.2) is 20.4 Å². The van der Waals surface area contributed by atoms with Crippen LogP contribution in [0.4, 0.5) is 0 Å². The Labute approximate surface area is 157 Å². The van der Waals surface area contributed by atoms with Crippen LogP contribution in [0.25, 0.3) is 0 Å². The van der Waals surface area contributed by atoms with Crippen LogP contribution in [0.2, 0.25) is 0 Å². The van der Waals surface area contributed by atoms with E-state index in [1.807, 2.05) is 0 Å². The summed E-state index contributed by atoms with van der Waals surface area (Å²) < 4.78 is 0. The van der Waals surface area contributed by atoms with Gasteiger partial charge in [0.15, 0.2) is 0 Å². The molecule has 0 aliphatic rings. The quantitative estimate of drug-likeness (QED) is 0.446. The van der Waals surface area contributed by atoms with Gasteiger partial charge >= 0.3 is 8.41 Å². The van der Waals surface area contributed by atoms with Crippen LogP contribution in [0.5, 0.6) is 0 Å². The molecule has 0 atom stereocenters. The average molecular weight is 353 g/mol. The van der Waals surface area contributed by atoms with Crippen molar-refractivity contribution in [3.63, 3.8) is 0 Å². The van der Waals surface area contributed by atoms with Crippen LogP contribution in [0, 0.1) is 10.8 Å². The summed E-state index contributed by atoms with van der Waals surface area (Å²) >= 11 is 0. The van der Waals surface area contributed by atoms with Crippen molar-refractivity contribution in [1.29, 1.82) is 0 Å². The second kappa shape index (κ2) is 15.3. The van der Waals surface area contributed by atoms with Gasteiger partial charge in [0.1, 0.15) is 0 Å². The van der Waals surface area contributed by atoms with Crippen LogP contribution in [0.1, 0.15) is 106 Å². The molecule has 0 aromatic heterocycles. The normalized spacial score (nSPS) is 11.1. The first-order valence-corrected chi connectivity index (χ1v) is 9.23. The average Bonchev–Trinajstić information content (AvgIpc) is 2.35. The number of carbonyl (C=O) groups is 2. The van der Waals surface area contributed by atoms with Crippen LogP contribution in [0.3, 0.4) is 0 Å². The van der Waals surface area contributed by atoms with E-state index in [9.17, 15) is 19.8 Å². The maximum Gasteiger partial charge on any atom is 2.00 e. The molecule has 0 aromatic rings. The van der Waals surface area contributed by atoms with Gasteiger partial charge in [0.25, 0.3) is 0 Å². The minimum atomic E-state index is -0.925. The maximum atomic E-state index is 10.0. The summed E-state index contributed by atoms with van der Waals surface area (Å²) in [6.07, 6.45) is 8.54. The molecule has 0 amide bonds. The molecule has 0 bridgehead atoms. The summed E-state index contributed by atoms with van der Waals surface area (Å²) in [4.78, 5) is 20.1. The second-order valence-corrected chi connectivity index (χ2v) is 8.99. The van der Waals surface area contributed by atoms with Crippen molar-refractivity contribution in [3.8, 4) is 0 Å². The molecule has 0 saturated carbocycles. The summed E-state index contributed by atoms with van der Waals surface area (Å²) in [7, 11) is 0. The van der Waals surface area contributed by atoms with Crippen LogP contribution >= 0.6 is 0 Å². The smallest absolute Gasteiger partial charge is 0.550 e. The van der Waals surface area contributed by atoms with Crippen molar-refractivity contribution in [2.45, 2.75) is 106 Å². The Morgan fingerprint density at radius 1 is 0.600 bits per heavy atom. The topological polar surface area (TPSA) is 80.3 Å². The molecule has 0 aliphatic heterocycles. The molecule has 25 heavy (non-hydrogen) atoms. The first kappa shape index (κ1) is 28.8. The largest absolute Gasteiger partial charge is 2.00 e. The van der Waals surface area contributed by atoms with Crippen molar-refractivity contribution in [2.24, 2.45) is 10.8 Å². The third-order valence-corrected chi connectivity index (χ3v) is 3.62. The summed E-state index contributed by atoms with van der Waals surface area (Å²) in [6, 6.07) is 0. The Balaban J connectivity index is -0.000000372. The van der Waals surface area contributed by atoms with Crippen molar-refractivity contribution >= 4 is 20.4 Å². The predicted molar refractivity (Wildman–Crippen MR) is 101 cm³/mol. The summed E-state index contributed by atoms with van der Waals surface area (Å²) in [5.74, 6) is -1.85. The standard InChI is InChI=1S/2C10H20O2.B/c2*1-10(2,3)8-6-4-5-7-9(11)12;/h2*4-8H2,1-3H3,(H,11,12);/q;;+2/p-2.